The highest BCUT2D eigenvalue weighted by Crippen LogP contribution is 2.27. The maximum absolute atomic E-state index is 12.5. The van der Waals surface area contributed by atoms with Crippen LogP contribution in [0, 0.1) is 0 Å². The minimum absolute atomic E-state index is 0.0574. The van der Waals surface area contributed by atoms with Crippen molar-refractivity contribution >= 4 is 21.2 Å². The molecule has 3 rings (SSSR count). The highest BCUT2D eigenvalue weighted by molar-refractivity contribution is 7.90. The number of aliphatic hydroxyl groups excluding tert-OH is 1. The number of imidazole rings is 1. The third-order valence-corrected chi connectivity index (χ3v) is 6.23. The first-order chi connectivity index (χ1) is 11.0. The van der Waals surface area contributed by atoms with E-state index >= 15 is 0 Å². The molecule has 1 aromatic carbocycles. The van der Waals surface area contributed by atoms with Gasteiger partial charge >= 0.3 is 0 Å². The van der Waals surface area contributed by atoms with E-state index < -0.39 is 9.84 Å². The molecule has 0 fully saturated rings. The third-order valence-electron chi connectivity index (χ3n) is 3.41. The number of rotatable bonds is 5. The smallest absolute Gasteiger partial charge is 0.228 e. The topological polar surface area (TPSA) is 85.1 Å². The number of thiazole rings is 1. The maximum Gasteiger partial charge on any atom is 0.228 e. The molecule has 0 bridgehead atoms. The molecule has 0 saturated carbocycles. The van der Waals surface area contributed by atoms with E-state index in [1.165, 1.54) is 22.1 Å². The van der Waals surface area contributed by atoms with Gasteiger partial charge in [-0.15, -0.1) is 11.3 Å². The molecule has 2 heterocycles. The van der Waals surface area contributed by atoms with Gasteiger partial charge in [-0.25, -0.2) is 18.4 Å². The zero-order valence-corrected chi connectivity index (χ0v) is 14.0. The predicted octanol–water partition coefficient (Wildman–Crippen LogP) is 2.01. The van der Waals surface area contributed by atoms with Crippen LogP contribution >= 0.6 is 11.3 Å². The first-order valence-corrected chi connectivity index (χ1v) is 9.32. The standard InChI is InChI=1S/C15H15N3O3S2/c1-18-12(9-19)7-17-15(18)23(20,21)10-14-16-8-13(22-14)11-5-3-2-4-6-11/h2-8,19H,9-10H2,1H3. The Morgan fingerprint density at radius 3 is 2.57 bits per heavy atom. The number of aromatic nitrogens is 3. The molecule has 0 amide bonds. The molecule has 120 valence electrons. The van der Waals surface area contributed by atoms with Gasteiger partial charge in [-0.05, 0) is 5.56 Å². The highest BCUT2D eigenvalue weighted by Gasteiger charge is 2.23. The summed E-state index contributed by atoms with van der Waals surface area (Å²) in [5.41, 5.74) is 1.46. The first-order valence-electron chi connectivity index (χ1n) is 6.85. The molecule has 8 heteroatoms. The summed E-state index contributed by atoms with van der Waals surface area (Å²) in [4.78, 5) is 9.05. The second-order valence-corrected chi connectivity index (χ2v) is 7.99. The molecule has 0 saturated heterocycles. The van der Waals surface area contributed by atoms with E-state index in [-0.39, 0.29) is 17.5 Å². The van der Waals surface area contributed by atoms with Gasteiger partial charge in [0.1, 0.15) is 10.8 Å². The minimum Gasteiger partial charge on any atom is -0.390 e. The van der Waals surface area contributed by atoms with Crippen LogP contribution in [0.1, 0.15) is 10.7 Å². The van der Waals surface area contributed by atoms with Gasteiger partial charge in [0.25, 0.3) is 0 Å². The lowest BCUT2D eigenvalue weighted by Gasteiger charge is -2.04. The van der Waals surface area contributed by atoms with Crippen molar-refractivity contribution in [2.75, 3.05) is 0 Å². The Morgan fingerprint density at radius 1 is 1.17 bits per heavy atom. The van der Waals surface area contributed by atoms with E-state index in [2.05, 4.69) is 9.97 Å². The fourth-order valence-corrected chi connectivity index (χ4v) is 4.90. The quantitative estimate of drug-likeness (QED) is 0.761. The van der Waals surface area contributed by atoms with Crippen LogP contribution in [0.4, 0.5) is 0 Å². The van der Waals surface area contributed by atoms with Gasteiger partial charge < -0.3 is 9.67 Å². The number of aliphatic hydroxyl groups is 1. The van der Waals surface area contributed by atoms with E-state index in [0.29, 0.717) is 10.7 Å². The summed E-state index contributed by atoms with van der Waals surface area (Å²) < 4.78 is 26.4. The fourth-order valence-electron chi connectivity index (χ4n) is 2.20. The van der Waals surface area contributed by atoms with Crippen molar-refractivity contribution in [3.05, 3.63) is 53.4 Å². The Bertz CT molecular complexity index is 915. The van der Waals surface area contributed by atoms with Crippen molar-refractivity contribution < 1.29 is 13.5 Å². The molecule has 0 aliphatic rings. The third kappa shape index (κ3) is 3.19. The van der Waals surface area contributed by atoms with E-state index in [1.807, 2.05) is 30.3 Å². The van der Waals surface area contributed by atoms with Gasteiger partial charge in [0.15, 0.2) is 0 Å². The monoisotopic (exact) mass is 349 g/mol. The summed E-state index contributed by atoms with van der Waals surface area (Å²) in [5.74, 6) is -0.208. The molecule has 0 radical (unpaired) electrons. The second-order valence-electron chi connectivity index (χ2n) is 4.99. The van der Waals surface area contributed by atoms with Crippen LogP contribution < -0.4 is 0 Å². The van der Waals surface area contributed by atoms with Crippen molar-refractivity contribution in [3.63, 3.8) is 0 Å². The largest absolute Gasteiger partial charge is 0.390 e. The van der Waals surface area contributed by atoms with Gasteiger partial charge in [-0.2, -0.15) is 0 Å². The lowest BCUT2D eigenvalue weighted by atomic mass is 10.2. The molecule has 3 aromatic rings. The Balaban J connectivity index is 1.87. The van der Waals surface area contributed by atoms with Gasteiger partial charge in [-0.3, -0.25) is 0 Å². The molecule has 0 aliphatic heterocycles. The summed E-state index contributed by atoms with van der Waals surface area (Å²) in [7, 11) is -2.04. The predicted molar refractivity (Wildman–Crippen MR) is 87.6 cm³/mol. The van der Waals surface area contributed by atoms with Crippen molar-refractivity contribution in [2.24, 2.45) is 7.05 Å². The fraction of sp³-hybridized carbons (Fsp3) is 0.200. The van der Waals surface area contributed by atoms with Gasteiger partial charge in [-0.1, -0.05) is 30.3 Å². The van der Waals surface area contributed by atoms with E-state index in [1.54, 1.807) is 13.2 Å². The van der Waals surface area contributed by atoms with Crippen molar-refractivity contribution in [3.8, 4) is 10.4 Å². The Morgan fingerprint density at radius 2 is 1.91 bits per heavy atom. The molecule has 6 nitrogen and oxygen atoms in total. The summed E-state index contributed by atoms with van der Waals surface area (Å²) in [6.07, 6.45) is 3.05. The molecule has 0 atom stereocenters. The molecular weight excluding hydrogens is 334 g/mol. The van der Waals surface area contributed by atoms with Gasteiger partial charge in [0.05, 0.1) is 23.4 Å². The maximum atomic E-state index is 12.5. The second kappa shape index (κ2) is 6.23. The molecule has 0 spiro atoms. The Labute approximate surface area is 138 Å². The van der Waals surface area contributed by atoms with Crippen LogP contribution in [0.25, 0.3) is 10.4 Å². The lowest BCUT2D eigenvalue weighted by Crippen LogP contribution is -2.12. The van der Waals surface area contributed by atoms with Crippen LogP contribution in [0.3, 0.4) is 0 Å². The Hall–Kier alpha value is -2.03. The van der Waals surface area contributed by atoms with Crippen LogP contribution in [0.5, 0.6) is 0 Å². The molecule has 0 aliphatic carbocycles. The van der Waals surface area contributed by atoms with Crippen LogP contribution in [0.15, 0.2) is 47.9 Å². The zero-order valence-electron chi connectivity index (χ0n) is 12.4. The van der Waals surface area contributed by atoms with Crippen molar-refractivity contribution in [2.45, 2.75) is 17.5 Å². The van der Waals surface area contributed by atoms with Gasteiger partial charge in [0, 0.05) is 13.2 Å². The minimum atomic E-state index is -3.61. The molecule has 1 N–H and O–H groups in total. The van der Waals surface area contributed by atoms with Gasteiger partial charge in [0.2, 0.25) is 15.0 Å². The normalized spacial score (nSPS) is 11.7. The zero-order chi connectivity index (χ0) is 16.4. The summed E-state index contributed by atoms with van der Waals surface area (Å²) in [6, 6.07) is 9.69. The average molecular weight is 349 g/mol. The van der Waals surface area contributed by atoms with E-state index in [0.717, 1.165) is 10.4 Å². The van der Waals surface area contributed by atoms with Crippen LogP contribution in [0.2, 0.25) is 0 Å². The number of benzene rings is 1. The summed E-state index contributed by atoms with van der Waals surface area (Å²) in [5, 5.41) is 9.60. The van der Waals surface area contributed by atoms with E-state index in [9.17, 15) is 8.42 Å². The SMILES string of the molecule is Cn1c(CO)cnc1S(=O)(=O)Cc1ncc(-c2ccccc2)s1. The average Bonchev–Trinajstić information content (AvgIpc) is 3.14. The number of nitrogens with zero attached hydrogens (tertiary/aromatic N) is 3. The Kier molecular flexibility index (Phi) is 4.29. The molecular formula is C15H15N3O3S2. The number of hydrogen-bond acceptors (Lipinski definition) is 6. The molecule has 23 heavy (non-hydrogen) atoms. The van der Waals surface area contributed by atoms with E-state index in [4.69, 9.17) is 5.11 Å². The van der Waals surface area contributed by atoms with Crippen molar-refractivity contribution in [1.29, 1.82) is 0 Å². The first kappa shape index (κ1) is 15.9. The molecule has 2 aromatic heterocycles. The number of hydrogen-bond donors (Lipinski definition) is 1. The van der Waals surface area contributed by atoms with Crippen LogP contribution in [-0.4, -0.2) is 28.1 Å². The lowest BCUT2D eigenvalue weighted by molar-refractivity contribution is 0.271. The molecule has 0 unspecified atom stereocenters. The number of sulfone groups is 1. The van der Waals surface area contributed by atoms with Crippen molar-refractivity contribution in [1.82, 2.24) is 14.5 Å². The summed E-state index contributed by atoms with van der Waals surface area (Å²) in [6.45, 7) is -0.256. The summed E-state index contributed by atoms with van der Waals surface area (Å²) >= 11 is 1.35. The highest BCUT2D eigenvalue weighted by atomic mass is 32.2. The van der Waals surface area contributed by atoms with Crippen LogP contribution in [-0.2, 0) is 29.2 Å².